The van der Waals surface area contributed by atoms with Gasteiger partial charge in [0.25, 0.3) is 0 Å². The van der Waals surface area contributed by atoms with Crippen LogP contribution in [0.5, 0.6) is 0 Å². The van der Waals surface area contributed by atoms with Crippen LogP contribution in [0, 0.1) is 5.92 Å². The van der Waals surface area contributed by atoms with Crippen molar-refractivity contribution in [1.29, 1.82) is 0 Å². The van der Waals surface area contributed by atoms with Crippen molar-refractivity contribution >= 4 is 29.4 Å². The number of halogens is 1. The molecular formula is C17H23ClN2O4. The lowest BCUT2D eigenvalue weighted by Gasteiger charge is -2.34. The maximum absolute atomic E-state index is 11.8. The molecule has 1 atom stereocenters. The Hall–Kier alpha value is -1.95. The lowest BCUT2D eigenvalue weighted by Crippen LogP contribution is -2.41. The van der Waals surface area contributed by atoms with Gasteiger partial charge in [-0.1, -0.05) is 11.6 Å². The standard InChI is InChI=1S/C17H23ClN2O4/c1-3-24-16(21)13-4-5-14(18)15(10-13)19-11(2)12-6-8-20(9-7-12)17(22)23/h4-5,10-12,19H,3,6-9H2,1-2H3,(H,22,23). The van der Waals surface area contributed by atoms with E-state index in [1.165, 1.54) is 4.90 Å². The summed E-state index contributed by atoms with van der Waals surface area (Å²) >= 11 is 6.23. The van der Waals surface area contributed by atoms with Gasteiger partial charge in [-0.05, 0) is 50.8 Å². The molecular weight excluding hydrogens is 332 g/mol. The predicted molar refractivity (Wildman–Crippen MR) is 92.8 cm³/mol. The van der Waals surface area contributed by atoms with Crippen LogP contribution in [0.15, 0.2) is 18.2 Å². The fraction of sp³-hybridized carbons (Fsp3) is 0.529. The molecule has 2 rings (SSSR count). The molecule has 0 bridgehead atoms. The number of likely N-dealkylation sites (tertiary alicyclic amines) is 1. The van der Waals surface area contributed by atoms with Crippen LogP contribution >= 0.6 is 11.6 Å². The number of benzene rings is 1. The van der Waals surface area contributed by atoms with Crippen molar-refractivity contribution in [2.45, 2.75) is 32.7 Å². The van der Waals surface area contributed by atoms with Crippen LogP contribution in [-0.2, 0) is 4.74 Å². The van der Waals surface area contributed by atoms with E-state index >= 15 is 0 Å². The second-order valence-corrected chi connectivity index (χ2v) is 6.36. The number of nitrogens with one attached hydrogen (secondary N) is 1. The molecule has 1 saturated heterocycles. The average Bonchev–Trinajstić information content (AvgIpc) is 2.57. The Labute approximate surface area is 146 Å². The quantitative estimate of drug-likeness (QED) is 0.788. The summed E-state index contributed by atoms with van der Waals surface area (Å²) in [6.07, 6.45) is 0.741. The molecule has 1 aromatic carbocycles. The molecule has 0 aromatic heterocycles. The van der Waals surface area contributed by atoms with Gasteiger partial charge >= 0.3 is 12.1 Å². The SMILES string of the molecule is CCOC(=O)c1ccc(Cl)c(NC(C)C2CCN(C(=O)O)CC2)c1. The number of carboxylic acid groups (broad SMARTS) is 1. The van der Waals surface area contributed by atoms with Crippen LogP contribution in [0.3, 0.4) is 0 Å². The fourth-order valence-electron chi connectivity index (χ4n) is 2.93. The number of hydrogen-bond acceptors (Lipinski definition) is 4. The number of esters is 1. The average molecular weight is 355 g/mol. The van der Waals surface area contributed by atoms with Crippen LogP contribution in [0.2, 0.25) is 5.02 Å². The molecule has 7 heteroatoms. The van der Waals surface area contributed by atoms with Gasteiger partial charge in [-0.3, -0.25) is 0 Å². The summed E-state index contributed by atoms with van der Waals surface area (Å²) in [5.74, 6) is -0.0254. The van der Waals surface area contributed by atoms with E-state index < -0.39 is 6.09 Å². The summed E-state index contributed by atoms with van der Waals surface area (Å²) < 4.78 is 5.01. The van der Waals surface area contributed by atoms with Gasteiger partial charge in [0.1, 0.15) is 0 Å². The van der Waals surface area contributed by atoms with E-state index in [0.717, 1.165) is 12.8 Å². The Morgan fingerprint density at radius 1 is 1.42 bits per heavy atom. The minimum atomic E-state index is -0.862. The Morgan fingerprint density at radius 2 is 2.08 bits per heavy atom. The van der Waals surface area contributed by atoms with E-state index in [1.807, 2.05) is 0 Å². The highest BCUT2D eigenvalue weighted by Gasteiger charge is 2.26. The maximum atomic E-state index is 11.8. The molecule has 1 aromatic rings. The number of carbonyl (C=O) groups is 2. The van der Waals surface area contributed by atoms with Crippen molar-refractivity contribution in [1.82, 2.24) is 4.90 Å². The monoisotopic (exact) mass is 354 g/mol. The van der Waals surface area contributed by atoms with Gasteiger partial charge in [-0.15, -0.1) is 0 Å². The summed E-state index contributed by atoms with van der Waals surface area (Å²) in [5, 5.41) is 12.9. The summed E-state index contributed by atoms with van der Waals surface area (Å²) in [6.45, 7) is 5.22. The number of rotatable bonds is 5. The van der Waals surface area contributed by atoms with E-state index in [9.17, 15) is 9.59 Å². The van der Waals surface area contributed by atoms with Gasteiger partial charge in [0.15, 0.2) is 0 Å². The highest BCUT2D eigenvalue weighted by molar-refractivity contribution is 6.33. The number of nitrogens with zero attached hydrogens (tertiary/aromatic N) is 1. The number of piperidine rings is 1. The zero-order valence-corrected chi connectivity index (χ0v) is 14.7. The summed E-state index contributed by atoms with van der Waals surface area (Å²) in [4.78, 5) is 24.3. The number of carbonyl (C=O) groups excluding carboxylic acids is 1. The zero-order valence-electron chi connectivity index (χ0n) is 13.9. The third-order valence-electron chi connectivity index (χ3n) is 4.38. The molecule has 1 amide bonds. The normalized spacial score (nSPS) is 16.5. The molecule has 132 valence electrons. The summed E-state index contributed by atoms with van der Waals surface area (Å²) in [5.41, 5.74) is 1.15. The van der Waals surface area contributed by atoms with Crippen molar-refractivity contribution in [2.75, 3.05) is 25.0 Å². The Morgan fingerprint density at radius 3 is 2.67 bits per heavy atom. The van der Waals surface area contributed by atoms with E-state index in [4.69, 9.17) is 21.4 Å². The second-order valence-electron chi connectivity index (χ2n) is 5.96. The van der Waals surface area contributed by atoms with Gasteiger partial charge in [0, 0.05) is 19.1 Å². The number of ether oxygens (including phenoxy) is 1. The molecule has 1 unspecified atom stereocenters. The van der Waals surface area contributed by atoms with Crippen molar-refractivity contribution in [3.05, 3.63) is 28.8 Å². The molecule has 1 aliphatic heterocycles. The molecule has 0 saturated carbocycles. The number of amides is 1. The minimum Gasteiger partial charge on any atom is -0.465 e. The van der Waals surface area contributed by atoms with Crippen LogP contribution < -0.4 is 5.32 Å². The maximum Gasteiger partial charge on any atom is 0.407 e. The zero-order chi connectivity index (χ0) is 17.7. The van der Waals surface area contributed by atoms with Crippen LogP contribution in [0.4, 0.5) is 10.5 Å². The Bertz CT molecular complexity index is 600. The summed E-state index contributed by atoms with van der Waals surface area (Å²) in [7, 11) is 0. The fourth-order valence-corrected chi connectivity index (χ4v) is 3.10. The smallest absolute Gasteiger partial charge is 0.407 e. The molecule has 1 heterocycles. The molecule has 1 aliphatic rings. The Balaban J connectivity index is 2.01. The van der Waals surface area contributed by atoms with E-state index in [0.29, 0.717) is 41.9 Å². The highest BCUT2D eigenvalue weighted by atomic mass is 35.5. The Kier molecular flexibility index (Phi) is 6.31. The summed E-state index contributed by atoms with van der Waals surface area (Å²) in [6, 6.07) is 5.14. The van der Waals surface area contributed by atoms with Crippen LogP contribution in [-0.4, -0.2) is 47.8 Å². The molecule has 0 spiro atoms. The second kappa shape index (κ2) is 8.24. The first kappa shape index (κ1) is 18.4. The van der Waals surface area contributed by atoms with Gasteiger partial charge in [0.05, 0.1) is 22.9 Å². The van der Waals surface area contributed by atoms with Crippen molar-refractivity contribution in [2.24, 2.45) is 5.92 Å². The lowest BCUT2D eigenvalue weighted by molar-refractivity contribution is 0.0526. The molecule has 1 fully saturated rings. The van der Waals surface area contributed by atoms with E-state index in [-0.39, 0.29) is 12.0 Å². The lowest BCUT2D eigenvalue weighted by atomic mass is 9.90. The van der Waals surface area contributed by atoms with Crippen molar-refractivity contribution < 1.29 is 19.4 Å². The molecule has 0 aliphatic carbocycles. The van der Waals surface area contributed by atoms with Crippen LogP contribution in [0.1, 0.15) is 37.0 Å². The minimum absolute atomic E-state index is 0.121. The van der Waals surface area contributed by atoms with Crippen molar-refractivity contribution in [3.8, 4) is 0 Å². The largest absolute Gasteiger partial charge is 0.465 e. The highest BCUT2D eigenvalue weighted by Crippen LogP contribution is 2.28. The van der Waals surface area contributed by atoms with Gasteiger partial charge in [0.2, 0.25) is 0 Å². The first-order chi connectivity index (χ1) is 11.4. The van der Waals surface area contributed by atoms with E-state index in [1.54, 1.807) is 25.1 Å². The first-order valence-electron chi connectivity index (χ1n) is 8.13. The third kappa shape index (κ3) is 4.54. The topological polar surface area (TPSA) is 78.9 Å². The first-order valence-corrected chi connectivity index (χ1v) is 8.51. The molecule has 2 N–H and O–H groups in total. The molecule has 24 heavy (non-hydrogen) atoms. The number of hydrogen-bond donors (Lipinski definition) is 2. The van der Waals surface area contributed by atoms with Crippen LogP contribution in [0.25, 0.3) is 0 Å². The molecule has 0 radical (unpaired) electrons. The van der Waals surface area contributed by atoms with Crippen molar-refractivity contribution in [3.63, 3.8) is 0 Å². The number of anilines is 1. The molecule has 6 nitrogen and oxygen atoms in total. The van der Waals surface area contributed by atoms with E-state index in [2.05, 4.69) is 12.2 Å². The van der Waals surface area contributed by atoms with Gasteiger partial charge < -0.3 is 20.1 Å². The third-order valence-corrected chi connectivity index (χ3v) is 4.71. The van der Waals surface area contributed by atoms with Gasteiger partial charge in [-0.2, -0.15) is 0 Å². The van der Waals surface area contributed by atoms with Gasteiger partial charge in [-0.25, -0.2) is 9.59 Å². The predicted octanol–water partition coefficient (Wildman–Crippen LogP) is 3.71.